The number of hydrogen-bond donors (Lipinski definition) is 2. The molecule has 0 bridgehead atoms. The Morgan fingerprint density at radius 2 is 1.39 bits per heavy atom. The van der Waals surface area contributed by atoms with Gasteiger partial charge in [0.05, 0.1) is 5.70 Å². The summed E-state index contributed by atoms with van der Waals surface area (Å²) >= 11 is 12.0. The second-order valence-electron chi connectivity index (χ2n) is 3.99. The normalized spacial score (nSPS) is 13.7. The molecular weight excluding hydrogens is 267 g/mol. The first kappa shape index (κ1) is 11.5. The minimum absolute atomic E-state index is 0.600. The number of nitrogens with one attached hydrogen (secondary N) is 2. The fraction of sp³-hybridized carbons (Fsp3) is 0. The maximum absolute atomic E-state index is 6.13. The molecule has 18 heavy (non-hydrogen) atoms. The van der Waals surface area contributed by atoms with Gasteiger partial charge in [-0.15, -0.1) is 0 Å². The summed E-state index contributed by atoms with van der Waals surface area (Å²) in [5.74, 6) is 0. The van der Waals surface area contributed by atoms with Gasteiger partial charge in [-0.25, -0.2) is 0 Å². The van der Waals surface area contributed by atoms with E-state index in [1.807, 2.05) is 48.5 Å². The van der Waals surface area contributed by atoms with E-state index in [1.165, 1.54) is 0 Å². The predicted molar refractivity (Wildman–Crippen MR) is 75.2 cm³/mol. The fourth-order valence-electron chi connectivity index (χ4n) is 1.99. The van der Waals surface area contributed by atoms with E-state index < -0.39 is 0 Å². The van der Waals surface area contributed by atoms with Crippen molar-refractivity contribution in [2.24, 2.45) is 0 Å². The Hall–Kier alpha value is -1.64. The molecule has 0 aromatic heterocycles. The molecule has 90 valence electrons. The quantitative estimate of drug-likeness (QED) is 0.778. The van der Waals surface area contributed by atoms with Crippen LogP contribution in [0.3, 0.4) is 0 Å². The molecule has 2 N–H and O–H groups in total. The summed E-state index contributed by atoms with van der Waals surface area (Å²) in [4.78, 5) is 0. The molecule has 1 aliphatic heterocycles. The third kappa shape index (κ3) is 1.94. The second kappa shape index (κ2) is 4.56. The largest absolute Gasteiger partial charge is 0.299 e. The molecule has 0 aliphatic carbocycles. The smallest absolute Gasteiger partial charge is 0.128 e. The first-order chi connectivity index (χ1) is 8.75. The average molecular weight is 277 g/mol. The Labute approximate surface area is 115 Å². The maximum atomic E-state index is 6.13. The lowest BCUT2D eigenvalue weighted by Gasteiger charge is -2.18. The molecule has 0 radical (unpaired) electrons. The zero-order valence-corrected chi connectivity index (χ0v) is 10.9. The Morgan fingerprint density at radius 1 is 0.722 bits per heavy atom. The summed E-state index contributed by atoms with van der Waals surface area (Å²) in [7, 11) is 0. The lowest BCUT2D eigenvalue weighted by molar-refractivity contribution is 0.808. The van der Waals surface area contributed by atoms with Crippen molar-refractivity contribution in [2.45, 2.75) is 0 Å². The standard InChI is InChI=1S/C14H10Cl2N2/c15-10-7-5-9(6-8-10)13-11-3-1-2-4-12(11)14(16)18-17-13/h1-8,17-18H. The van der Waals surface area contributed by atoms with Crippen LogP contribution < -0.4 is 21.3 Å². The minimum Gasteiger partial charge on any atom is -0.299 e. The van der Waals surface area contributed by atoms with E-state index in [-0.39, 0.29) is 0 Å². The number of hydrogen-bond acceptors (Lipinski definition) is 2. The van der Waals surface area contributed by atoms with Gasteiger partial charge in [-0.05, 0) is 12.1 Å². The Bertz CT molecular complexity index is 705. The molecule has 2 aromatic carbocycles. The van der Waals surface area contributed by atoms with Crippen molar-refractivity contribution in [3.63, 3.8) is 0 Å². The van der Waals surface area contributed by atoms with Crippen LogP contribution in [0.15, 0.2) is 48.5 Å². The molecule has 1 aliphatic rings. The van der Waals surface area contributed by atoms with Crippen LogP contribution in [0.4, 0.5) is 0 Å². The van der Waals surface area contributed by atoms with Gasteiger partial charge in [-0.2, -0.15) is 0 Å². The lowest BCUT2D eigenvalue weighted by atomic mass is 10.1. The van der Waals surface area contributed by atoms with Gasteiger partial charge in [0.2, 0.25) is 0 Å². The molecule has 0 saturated carbocycles. The molecule has 0 amide bonds. The monoisotopic (exact) mass is 276 g/mol. The van der Waals surface area contributed by atoms with Crippen LogP contribution in [0.5, 0.6) is 0 Å². The van der Waals surface area contributed by atoms with Crippen LogP contribution in [0, 0.1) is 0 Å². The summed E-state index contributed by atoms with van der Waals surface area (Å²) in [5, 5.41) is 3.38. The zero-order valence-electron chi connectivity index (χ0n) is 9.37. The summed E-state index contributed by atoms with van der Waals surface area (Å²) in [6.45, 7) is 0. The molecule has 2 nitrogen and oxygen atoms in total. The van der Waals surface area contributed by atoms with Crippen molar-refractivity contribution in [1.82, 2.24) is 10.9 Å². The van der Waals surface area contributed by atoms with Gasteiger partial charge >= 0.3 is 0 Å². The molecule has 0 atom stereocenters. The van der Waals surface area contributed by atoms with E-state index >= 15 is 0 Å². The molecular formula is C14H10Cl2N2. The van der Waals surface area contributed by atoms with E-state index in [0.717, 1.165) is 26.7 Å². The Morgan fingerprint density at radius 3 is 2.11 bits per heavy atom. The van der Waals surface area contributed by atoms with Gasteiger partial charge in [-0.3, -0.25) is 10.9 Å². The number of rotatable bonds is 1. The summed E-state index contributed by atoms with van der Waals surface area (Å²) < 4.78 is 0. The predicted octanol–water partition coefficient (Wildman–Crippen LogP) is 1.91. The van der Waals surface area contributed by atoms with Crippen LogP contribution >= 0.6 is 23.2 Å². The molecule has 2 aromatic rings. The summed E-state index contributed by atoms with van der Waals surface area (Å²) in [6.07, 6.45) is 0. The first-order valence-corrected chi connectivity index (χ1v) is 6.28. The summed E-state index contributed by atoms with van der Waals surface area (Å²) in [6, 6.07) is 15.7. The number of fused-ring (bicyclic) bond motifs is 1. The van der Waals surface area contributed by atoms with E-state index in [4.69, 9.17) is 23.2 Å². The van der Waals surface area contributed by atoms with Crippen molar-refractivity contribution in [2.75, 3.05) is 0 Å². The molecule has 0 saturated heterocycles. The highest BCUT2D eigenvalue weighted by atomic mass is 35.5. The van der Waals surface area contributed by atoms with E-state index in [1.54, 1.807) is 0 Å². The van der Waals surface area contributed by atoms with Crippen molar-refractivity contribution >= 4 is 34.1 Å². The number of benzene rings is 2. The van der Waals surface area contributed by atoms with Gasteiger partial charge < -0.3 is 0 Å². The number of hydrazine groups is 1. The van der Waals surface area contributed by atoms with Crippen LogP contribution in [0.1, 0.15) is 5.56 Å². The van der Waals surface area contributed by atoms with Gasteiger partial charge in [0, 0.05) is 21.0 Å². The maximum Gasteiger partial charge on any atom is 0.128 e. The molecule has 3 rings (SSSR count). The van der Waals surface area contributed by atoms with Crippen molar-refractivity contribution < 1.29 is 0 Å². The highest BCUT2D eigenvalue weighted by Gasteiger charge is 2.09. The Kier molecular flexibility index (Phi) is 2.90. The average Bonchev–Trinajstić information content (AvgIpc) is 2.41. The van der Waals surface area contributed by atoms with Crippen LogP contribution in [-0.4, -0.2) is 0 Å². The summed E-state index contributed by atoms with van der Waals surface area (Å²) in [5.41, 5.74) is 8.13. The third-order valence-corrected chi connectivity index (χ3v) is 3.41. The van der Waals surface area contributed by atoms with E-state index in [2.05, 4.69) is 10.9 Å². The van der Waals surface area contributed by atoms with E-state index in [0.29, 0.717) is 5.16 Å². The van der Waals surface area contributed by atoms with Gasteiger partial charge in [0.25, 0.3) is 0 Å². The minimum atomic E-state index is 0.600. The van der Waals surface area contributed by atoms with Crippen LogP contribution in [0.2, 0.25) is 5.02 Å². The highest BCUT2D eigenvalue weighted by Crippen LogP contribution is 2.14. The van der Waals surface area contributed by atoms with Crippen LogP contribution in [-0.2, 0) is 0 Å². The van der Waals surface area contributed by atoms with Crippen LogP contribution in [0.25, 0.3) is 10.9 Å². The van der Waals surface area contributed by atoms with Gasteiger partial charge in [0.1, 0.15) is 5.16 Å². The molecule has 1 heterocycles. The highest BCUT2D eigenvalue weighted by molar-refractivity contribution is 6.44. The van der Waals surface area contributed by atoms with Crippen molar-refractivity contribution in [3.8, 4) is 0 Å². The Balaban J connectivity index is 2.32. The van der Waals surface area contributed by atoms with Gasteiger partial charge in [-0.1, -0.05) is 59.6 Å². The topological polar surface area (TPSA) is 24.1 Å². The zero-order chi connectivity index (χ0) is 12.5. The molecule has 0 fully saturated rings. The number of halogens is 2. The van der Waals surface area contributed by atoms with Crippen molar-refractivity contribution in [3.05, 3.63) is 69.6 Å². The first-order valence-electron chi connectivity index (χ1n) is 5.53. The SMILES string of the molecule is ClC1=c2ccccc2=C(c2ccc(Cl)cc2)NN1. The second-order valence-corrected chi connectivity index (χ2v) is 4.81. The van der Waals surface area contributed by atoms with E-state index in [9.17, 15) is 0 Å². The lowest BCUT2D eigenvalue weighted by Crippen LogP contribution is -2.45. The third-order valence-electron chi connectivity index (χ3n) is 2.86. The molecule has 4 heteroatoms. The molecule has 0 spiro atoms. The van der Waals surface area contributed by atoms with Crippen molar-refractivity contribution in [1.29, 1.82) is 0 Å². The van der Waals surface area contributed by atoms with Gasteiger partial charge in [0.15, 0.2) is 0 Å². The fourth-order valence-corrected chi connectivity index (χ4v) is 2.33. The molecule has 0 unspecified atom stereocenters.